The Morgan fingerprint density at radius 1 is 1.13 bits per heavy atom. The molecule has 0 bridgehead atoms. The van der Waals surface area contributed by atoms with Gasteiger partial charge in [-0.05, 0) is 24.1 Å². The van der Waals surface area contributed by atoms with Gasteiger partial charge in [0.1, 0.15) is 0 Å². The third kappa shape index (κ3) is 7.92. The van der Waals surface area contributed by atoms with E-state index >= 15 is 0 Å². The molecule has 84 valence electrons. The highest BCUT2D eigenvalue weighted by Gasteiger charge is 1.97. The predicted octanol–water partition coefficient (Wildman–Crippen LogP) is 4.32. The van der Waals surface area contributed by atoms with Gasteiger partial charge in [-0.15, -0.1) is 0 Å². The summed E-state index contributed by atoms with van der Waals surface area (Å²) in [4.78, 5) is 0. The van der Waals surface area contributed by atoms with Gasteiger partial charge in [0.25, 0.3) is 0 Å². The predicted molar refractivity (Wildman–Crippen MR) is 68.7 cm³/mol. The standard InChI is InChI=1S/C10H13N.C4H10/c1-9(8-11)7-10-5-3-2-4-6-10;1-3-4-2/h2-6,8-9,11H,7H2,1H3;3-4H2,1-2H3. The van der Waals surface area contributed by atoms with Gasteiger partial charge in [0, 0.05) is 0 Å². The summed E-state index contributed by atoms with van der Waals surface area (Å²) in [5.41, 5.74) is 1.31. The number of hydrogen-bond acceptors (Lipinski definition) is 1. The first-order chi connectivity index (χ1) is 7.24. The van der Waals surface area contributed by atoms with Gasteiger partial charge in [0.05, 0.1) is 0 Å². The summed E-state index contributed by atoms with van der Waals surface area (Å²) in [5, 5.41) is 7.03. The molecule has 0 amide bonds. The van der Waals surface area contributed by atoms with Gasteiger partial charge in [-0.25, -0.2) is 0 Å². The van der Waals surface area contributed by atoms with Crippen LogP contribution in [0.5, 0.6) is 0 Å². The van der Waals surface area contributed by atoms with Crippen molar-refractivity contribution >= 4 is 6.21 Å². The van der Waals surface area contributed by atoms with Crippen molar-refractivity contribution in [1.29, 1.82) is 5.41 Å². The van der Waals surface area contributed by atoms with Crippen LogP contribution in [0.1, 0.15) is 39.2 Å². The highest BCUT2D eigenvalue weighted by molar-refractivity contribution is 5.56. The molecule has 0 aliphatic carbocycles. The molecule has 0 aromatic heterocycles. The van der Waals surface area contributed by atoms with Crippen LogP contribution in [0.2, 0.25) is 0 Å². The smallest absolute Gasteiger partial charge is 0.00162 e. The van der Waals surface area contributed by atoms with Crippen LogP contribution < -0.4 is 0 Å². The second-order valence-corrected chi connectivity index (χ2v) is 3.83. The summed E-state index contributed by atoms with van der Waals surface area (Å²) >= 11 is 0. The van der Waals surface area contributed by atoms with Crippen molar-refractivity contribution in [2.24, 2.45) is 5.92 Å². The van der Waals surface area contributed by atoms with Crippen LogP contribution >= 0.6 is 0 Å². The highest BCUT2D eigenvalue weighted by atomic mass is 14.3. The maximum atomic E-state index is 7.03. The Morgan fingerprint density at radius 2 is 1.67 bits per heavy atom. The summed E-state index contributed by atoms with van der Waals surface area (Å²) in [6, 6.07) is 10.3. The zero-order valence-electron chi connectivity index (χ0n) is 10.2. The van der Waals surface area contributed by atoms with Gasteiger partial charge >= 0.3 is 0 Å². The molecule has 0 aliphatic rings. The average molecular weight is 205 g/mol. The van der Waals surface area contributed by atoms with Crippen LogP contribution in [0.15, 0.2) is 30.3 Å². The molecule has 1 nitrogen and oxygen atoms in total. The molecule has 1 rings (SSSR count). The lowest BCUT2D eigenvalue weighted by Gasteiger charge is -2.03. The number of unbranched alkanes of at least 4 members (excludes halogenated alkanes) is 1. The fourth-order valence-electron chi connectivity index (χ4n) is 1.04. The second kappa shape index (κ2) is 9.45. The topological polar surface area (TPSA) is 23.9 Å². The van der Waals surface area contributed by atoms with Gasteiger partial charge in [-0.3, -0.25) is 0 Å². The van der Waals surface area contributed by atoms with E-state index in [4.69, 9.17) is 5.41 Å². The first kappa shape index (κ1) is 13.9. The fourth-order valence-corrected chi connectivity index (χ4v) is 1.04. The van der Waals surface area contributed by atoms with Crippen molar-refractivity contribution < 1.29 is 0 Å². The Bertz CT molecular complexity index is 239. The lowest BCUT2D eigenvalue weighted by molar-refractivity contribution is 0.779. The van der Waals surface area contributed by atoms with Crippen molar-refractivity contribution in [1.82, 2.24) is 0 Å². The monoisotopic (exact) mass is 205 g/mol. The number of hydrogen-bond donors (Lipinski definition) is 1. The normalized spacial score (nSPS) is 11.1. The molecule has 0 radical (unpaired) electrons. The minimum Gasteiger partial charge on any atom is -0.313 e. The molecule has 1 unspecified atom stereocenters. The summed E-state index contributed by atoms with van der Waals surface area (Å²) in [6.07, 6.45) is 5.11. The van der Waals surface area contributed by atoms with E-state index in [-0.39, 0.29) is 0 Å². The quantitative estimate of drug-likeness (QED) is 0.708. The van der Waals surface area contributed by atoms with Gasteiger partial charge < -0.3 is 5.41 Å². The fraction of sp³-hybridized carbons (Fsp3) is 0.500. The molecule has 0 saturated heterocycles. The first-order valence-corrected chi connectivity index (χ1v) is 5.79. The molecular weight excluding hydrogens is 182 g/mol. The second-order valence-electron chi connectivity index (χ2n) is 3.83. The van der Waals surface area contributed by atoms with Crippen LogP contribution in [-0.4, -0.2) is 6.21 Å². The SMILES string of the molecule is CC(C=N)Cc1ccccc1.CCCC. The Morgan fingerprint density at radius 3 is 2.07 bits per heavy atom. The lowest BCUT2D eigenvalue weighted by atomic mass is 10.0. The Hall–Kier alpha value is -1.11. The largest absolute Gasteiger partial charge is 0.313 e. The van der Waals surface area contributed by atoms with Crippen molar-refractivity contribution in [3.8, 4) is 0 Å². The average Bonchev–Trinajstić information content (AvgIpc) is 2.30. The summed E-state index contributed by atoms with van der Waals surface area (Å²) < 4.78 is 0. The van der Waals surface area contributed by atoms with E-state index in [1.54, 1.807) is 0 Å². The van der Waals surface area contributed by atoms with E-state index in [0.717, 1.165) is 6.42 Å². The maximum Gasteiger partial charge on any atom is -0.00162 e. The van der Waals surface area contributed by atoms with Crippen LogP contribution in [-0.2, 0) is 6.42 Å². The highest BCUT2D eigenvalue weighted by Crippen LogP contribution is 2.05. The zero-order valence-corrected chi connectivity index (χ0v) is 10.2. The van der Waals surface area contributed by atoms with E-state index in [1.165, 1.54) is 24.6 Å². The van der Waals surface area contributed by atoms with Crippen LogP contribution in [0.4, 0.5) is 0 Å². The molecule has 0 spiro atoms. The Labute approximate surface area is 94.0 Å². The number of rotatable bonds is 4. The molecule has 0 aliphatic heterocycles. The summed E-state index contributed by atoms with van der Waals surface area (Å²) in [5.74, 6) is 0.359. The molecule has 0 saturated carbocycles. The molecule has 15 heavy (non-hydrogen) atoms. The summed E-state index contributed by atoms with van der Waals surface area (Å²) in [6.45, 7) is 6.42. The minimum atomic E-state index is 0.359. The van der Waals surface area contributed by atoms with E-state index in [9.17, 15) is 0 Å². The Balaban J connectivity index is 0.000000423. The van der Waals surface area contributed by atoms with E-state index in [2.05, 4.69) is 32.9 Å². The van der Waals surface area contributed by atoms with E-state index < -0.39 is 0 Å². The van der Waals surface area contributed by atoms with Gasteiger partial charge in [-0.2, -0.15) is 0 Å². The van der Waals surface area contributed by atoms with Crippen molar-refractivity contribution in [3.63, 3.8) is 0 Å². The van der Waals surface area contributed by atoms with Gasteiger partial charge in [0.15, 0.2) is 0 Å². The zero-order chi connectivity index (χ0) is 11.5. The van der Waals surface area contributed by atoms with E-state index in [0.29, 0.717) is 5.92 Å². The number of benzene rings is 1. The van der Waals surface area contributed by atoms with Crippen LogP contribution in [0, 0.1) is 11.3 Å². The molecule has 0 heterocycles. The van der Waals surface area contributed by atoms with Gasteiger partial charge in [-0.1, -0.05) is 63.9 Å². The van der Waals surface area contributed by atoms with Crippen molar-refractivity contribution in [3.05, 3.63) is 35.9 Å². The van der Waals surface area contributed by atoms with Crippen molar-refractivity contribution in [2.75, 3.05) is 0 Å². The molecule has 1 N–H and O–H groups in total. The molecule has 1 aromatic carbocycles. The van der Waals surface area contributed by atoms with Crippen LogP contribution in [0.25, 0.3) is 0 Å². The minimum absolute atomic E-state index is 0.359. The lowest BCUT2D eigenvalue weighted by Crippen LogP contribution is -1.99. The van der Waals surface area contributed by atoms with E-state index in [1.807, 2.05) is 18.2 Å². The van der Waals surface area contributed by atoms with Gasteiger partial charge in [0.2, 0.25) is 0 Å². The Kier molecular flexibility index (Phi) is 8.75. The third-order valence-electron chi connectivity index (χ3n) is 2.19. The molecule has 1 heteroatoms. The molecule has 1 aromatic rings. The number of nitrogens with one attached hydrogen (secondary N) is 1. The maximum absolute atomic E-state index is 7.03. The first-order valence-electron chi connectivity index (χ1n) is 5.79. The molecule has 1 atom stereocenters. The molecule has 0 fully saturated rings. The van der Waals surface area contributed by atoms with Crippen LogP contribution in [0.3, 0.4) is 0 Å². The third-order valence-corrected chi connectivity index (χ3v) is 2.19. The summed E-state index contributed by atoms with van der Waals surface area (Å²) in [7, 11) is 0. The van der Waals surface area contributed by atoms with Crippen molar-refractivity contribution in [2.45, 2.75) is 40.0 Å². The molecular formula is C14H23N.